The highest BCUT2D eigenvalue weighted by atomic mass is 79.9. The Morgan fingerprint density at radius 1 is 1.60 bits per heavy atom. The lowest BCUT2D eigenvalue weighted by Crippen LogP contribution is -2.35. The molecule has 1 heterocycles. The molecule has 0 amide bonds. The molecule has 1 nitrogen and oxygen atoms in total. The monoisotopic (exact) mass is 206 g/mol. The van der Waals surface area contributed by atoms with Gasteiger partial charge in [-0.2, -0.15) is 0 Å². The van der Waals surface area contributed by atoms with Crippen LogP contribution in [0.5, 0.6) is 0 Å². The second kappa shape index (κ2) is 3.22. The second-order valence-corrected chi connectivity index (χ2v) is 4.19. The van der Waals surface area contributed by atoms with Crippen molar-refractivity contribution in [2.75, 3.05) is 5.33 Å². The van der Waals surface area contributed by atoms with Gasteiger partial charge in [0.05, 0.1) is 11.7 Å². The van der Waals surface area contributed by atoms with Crippen molar-refractivity contribution in [3.8, 4) is 0 Å². The highest BCUT2D eigenvalue weighted by Crippen LogP contribution is 2.28. The van der Waals surface area contributed by atoms with E-state index in [1.165, 1.54) is 19.3 Å². The zero-order valence-electron chi connectivity index (χ0n) is 6.69. The molecule has 0 spiro atoms. The fourth-order valence-electron chi connectivity index (χ4n) is 1.43. The minimum Gasteiger partial charge on any atom is -0.371 e. The average molecular weight is 207 g/mol. The number of rotatable bonds is 1. The molecule has 0 N–H and O–H groups in total. The number of hydrogen-bond acceptors (Lipinski definition) is 1. The number of ether oxygens (including phenoxy) is 1. The molecule has 1 atom stereocenters. The third kappa shape index (κ3) is 2.24. The van der Waals surface area contributed by atoms with Crippen molar-refractivity contribution in [1.29, 1.82) is 0 Å². The molecule has 60 valence electrons. The maximum absolute atomic E-state index is 5.78. The summed E-state index contributed by atoms with van der Waals surface area (Å²) in [7, 11) is 0. The zero-order valence-corrected chi connectivity index (χ0v) is 8.28. The molecule has 0 saturated carbocycles. The van der Waals surface area contributed by atoms with Crippen LogP contribution in [0.15, 0.2) is 0 Å². The fraction of sp³-hybridized carbons (Fsp3) is 1.00. The highest BCUT2D eigenvalue weighted by molar-refractivity contribution is 9.09. The minimum absolute atomic E-state index is 0.122. The summed E-state index contributed by atoms with van der Waals surface area (Å²) in [6, 6.07) is 0. The highest BCUT2D eigenvalue weighted by Gasteiger charge is 2.27. The molecule has 1 aliphatic heterocycles. The first-order valence-corrected chi connectivity index (χ1v) is 5.00. The Balaban J connectivity index is 2.40. The molecular weight excluding hydrogens is 192 g/mol. The maximum atomic E-state index is 5.78. The van der Waals surface area contributed by atoms with E-state index >= 15 is 0 Å². The normalized spacial score (nSPS) is 32.1. The Kier molecular flexibility index (Phi) is 2.75. The van der Waals surface area contributed by atoms with Gasteiger partial charge in [0.25, 0.3) is 0 Å². The Morgan fingerprint density at radius 2 is 2.30 bits per heavy atom. The summed E-state index contributed by atoms with van der Waals surface area (Å²) in [6.45, 7) is 4.34. The molecule has 0 aromatic carbocycles. The summed E-state index contributed by atoms with van der Waals surface area (Å²) in [5.74, 6) is 0. The Bertz CT molecular complexity index is 112. The molecule has 1 saturated heterocycles. The smallest absolute Gasteiger partial charge is 0.0679 e. The van der Waals surface area contributed by atoms with E-state index in [9.17, 15) is 0 Å². The largest absolute Gasteiger partial charge is 0.371 e. The molecule has 0 aliphatic carbocycles. The van der Waals surface area contributed by atoms with Gasteiger partial charge in [-0.25, -0.2) is 0 Å². The van der Waals surface area contributed by atoms with Crippen LogP contribution in [0.25, 0.3) is 0 Å². The standard InChI is InChI=1S/C8H15BrO/c1-8(2)5-3-4-7(6-9)10-8/h7H,3-6H2,1-2H3. The van der Waals surface area contributed by atoms with Crippen molar-refractivity contribution in [2.24, 2.45) is 0 Å². The van der Waals surface area contributed by atoms with Gasteiger partial charge in [-0.05, 0) is 33.1 Å². The molecule has 1 rings (SSSR count). The lowest BCUT2D eigenvalue weighted by atomic mass is 9.96. The number of halogens is 1. The Hall–Kier alpha value is 0.440. The first-order chi connectivity index (χ1) is 4.64. The first kappa shape index (κ1) is 8.54. The summed E-state index contributed by atoms with van der Waals surface area (Å²) in [5, 5.41) is 0.983. The van der Waals surface area contributed by atoms with Crippen molar-refractivity contribution in [3.63, 3.8) is 0 Å². The van der Waals surface area contributed by atoms with E-state index in [1.54, 1.807) is 0 Å². The van der Waals surface area contributed by atoms with Crippen molar-refractivity contribution in [3.05, 3.63) is 0 Å². The van der Waals surface area contributed by atoms with Gasteiger partial charge in [0, 0.05) is 5.33 Å². The molecule has 1 fully saturated rings. The van der Waals surface area contributed by atoms with Gasteiger partial charge >= 0.3 is 0 Å². The van der Waals surface area contributed by atoms with E-state index in [4.69, 9.17) is 4.74 Å². The van der Waals surface area contributed by atoms with E-state index in [2.05, 4.69) is 29.8 Å². The lowest BCUT2D eigenvalue weighted by molar-refractivity contribution is -0.0953. The van der Waals surface area contributed by atoms with E-state index < -0.39 is 0 Å². The van der Waals surface area contributed by atoms with Gasteiger partial charge in [-0.1, -0.05) is 15.9 Å². The van der Waals surface area contributed by atoms with Gasteiger partial charge in [0.15, 0.2) is 0 Å². The molecule has 1 unspecified atom stereocenters. The third-order valence-corrected chi connectivity index (χ3v) is 2.68. The second-order valence-electron chi connectivity index (χ2n) is 3.55. The van der Waals surface area contributed by atoms with Crippen molar-refractivity contribution in [2.45, 2.75) is 44.8 Å². The van der Waals surface area contributed by atoms with Crippen LogP contribution in [0.1, 0.15) is 33.1 Å². The van der Waals surface area contributed by atoms with Gasteiger partial charge in [-0.15, -0.1) is 0 Å². The van der Waals surface area contributed by atoms with Crippen molar-refractivity contribution >= 4 is 15.9 Å². The van der Waals surface area contributed by atoms with Gasteiger partial charge < -0.3 is 4.74 Å². The summed E-state index contributed by atoms with van der Waals surface area (Å²) < 4.78 is 5.78. The van der Waals surface area contributed by atoms with Crippen molar-refractivity contribution < 1.29 is 4.74 Å². The predicted molar refractivity (Wildman–Crippen MR) is 46.6 cm³/mol. The summed E-state index contributed by atoms with van der Waals surface area (Å²) in [5.41, 5.74) is 0.122. The number of alkyl halides is 1. The summed E-state index contributed by atoms with van der Waals surface area (Å²) in [6.07, 6.45) is 4.18. The summed E-state index contributed by atoms with van der Waals surface area (Å²) >= 11 is 3.44. The fourth-order valence-corrected chi connectivity index (χ4v) is 1.89. The molecule has 0 aromatic rings. The van der Waals surface area contributed by atoms with Crippen molar-refractivity contribution in [1.82, 2.24) is 0 Å². The summed E-state index contributed by atoms with van der Waals surface area (Å²) in [4.78, 5) is 0. The SMILES string of the molecule is CC1(C)CCCC(CBr)O1. The predicted octanol–water partition coefficient (Wildman–Crippen LogP) is 2.73. The van der Waals surface area contributed by atoms with Gasteiger partial charge in [0.2, 0.25) is 0 Å². The average Bonchev–Trinajstić information content (AvgIpc) is 1.86. The van der Waals surface area contributed by atoms with E-state index in [0.717, 1.165) is 5.33 Å². The van der Waals surface area contributed by atoms with E-state index in [-0.39, 0.29) is 5.60 Å². The van der Waals surface area contributed by atoms with E-state index in [1.807, 2.05) is 0 Å². The number of hydrogen-bond donors (Lipinski definition) is 0. The van der Waals surface area contributed by atoms with E-state index in [0.29, 0.717) is 6.10 Å². The van der Waals surface area contributed by atoms with Crippen LogP contribution in [-0.2, 0) is 4.74 Å². The molecule has 10 heavy (non-hydrogen) atoms. The van der Waals surface area contributed by atoms with Gasteiger partial charge in [-0.3, -0.25) is 0 Å². The van der Waals surface area contributed by atoms with Crippen LogP contribution in [0, 0.1) is 0 Å². The minimum atomic E-state index is 0.122. The first-order valence-electron chi connectivity index (χ1n) is 3.88. The third-order valence-electron chi connectivity index (χ3n) is 1.96. The van der Waals surface area contributed by atoms with Crippen LogP contribution in [0.3, 0.4) is 0 Å². The zero-order chi connectivity index (χ0) is 7.61. The molecule has 0 bridgehead atoms. The van der Waals surface area contributed by atoms with Crippen LogP contribution in [0.2, 0.25) is 0 Å². The molecule has 2 heteroatoms. The maximum Gasteiger partial charge on any atom is 0.0679 e. The van der Waals surface area contributed by atoms with Crippen LogP contribution < -0.4 is 0 Å². The molecular formula is C8H15BrO. The van der Waals surface area contributed by atoms with Crippen LogP contribution in [0.4, 0.5) is 0 Å². The Labute approximate surface area is 71.3 Å². The lowest BCUT2D eigenvalue weighted by Gasteiger charge is -2.35. The quantitative estimate of drug-likeness (QED) is 0.600. The Morgan fingerprint density at radius 3 is 2.70 bits per heavy atom. The topological polar surface area (TPSA) is 9.23 Å². The molecule has 0 radical (unpaired) electrons. The van der Waals surface area contributed by atoms with Crippen LogP contribution in [-0.4, -0.2) is 17.0 Å². The van der Waals surface area contributed by atoms with Crippen LogP contribution >= 0.6 is 15.9 Å². The van der Waals surface area contributed by atoms with Gasteiger partial charge in [0.1, 0.15) is 0 Å². The molecule has 0 aromatic heterocycles. The molecule has 1 aliphatic rings.